The molecule has 0 bridgehead atoms. The summed E-state index contributed by atoms with van der Waals surface area (Å²) in [5, 5.41) is 1.31. The van der Waals surface area contributed by atoms with Gasteiger partial charge in [-0.2, -0.15) is 8.75 Å². The van der Waals surface area contributed by atoms with Crippen LogP contribution in [0.15, 0.2) is 18.2 Å². The molecule has 2 unspecified atom stereocenters. The van der Waals surface area contributed by atoms with Gasteiger partial charge in [-0.1, -0.05) is 168 Å². The van der Waals surface area contributed by atoms with Crippen LogP contribution in [0.3, 0.4) is 0 Å². The highest BCUT2D eigenvalue weighted by atomic mass is 32.1. The molecule has 0 aliphatic heterocycles. The fourth-order valence-electron chi connectivity index (χ4n) is 10.2. The Balaban J connectivity index is 1.12. The van der Waals surface area contributed by atoms with Crippen LogP contribution in [0.25, 0.3) is 40.8 Å². The number of hydrogen-bond donors (Lipinski definition) is 0. The summed E-state index contributed by atoms with van der Waals surface area (Å²) in [6, 6.07) is 4.74. The molecule has 2 aliphatic rings. The maximum atomic E-state index is 8.98. The molecule has 0 amide bonds. The molecular weight excluding hydrogens is 777 g/mol. The number of thiophene rings is 2. The number of unbranched alkanes of at least 4 members (excludes halogenated alkanes) is 18. The van der Waals surface area contributed by atoms with E-state index in [2.05, 4.69) is 43.0 Å². The van der Waals surface area contributed by atoms with E-state index in [0.29, 0.717) is 22.2 Å². The lowest BCUT2D eigenvalue weighted by molar-refractivity contribution is 0.198. The van der Waals surface area contributed by atoms with Crippen LogP contribution in [-0.2, 0) is 0 Å². The number of hydrogen-bond acceptors (Lipinski definition) is 7. The molecule has 0 N–H and O–H groups in total. The SMILES string of the molecule is [C]=c1c2nsnc2/c(=c2\cc3c(s2)=c2sc(=C)cc2/C3=C/C2CC(CCCCCCCCCCCC)C[C@@H](CCCCCCCCCCCC)C2)c2nc(C)c(C)nc12. The van der Waals surface area contributed by atoms with E-state index >= 15 is 0 Å². The number of nitrogens with zero attached hydrogens (tertiary/aromatic N) is 4. The van der Waals surface area contributed by atoms with Crippen molar-refractivity contribution in [1.82, 2.24) is 18.7 Å². The number of aryl methyl sites for hydroxylation is 2. The molecule has 2 radical (unpaired) electrons. The molecule has 59 heavy (non-hydrogen) atoms. The summed E-state index contributed by atoms with van der Waals surface area (Å²) < 4.78 is 14.3. The van der Waals surface area contributed by atoms with Gasteiger partial charge in [0, 0.05) is 37.2 Å². The summed E-state index contributed by atoms with van der Waals surface area (Å²) in [6.45, 7) is 22.0. The molecule has 4 heterocycles. The van der Waals surface area contributed by atoms with Gasteiger partial charge in [0.15, 0.2) is 0 Å². The lowest BCUT2D eigenvalue weighted by Crippen LogP contribution is -2.22. The van der Waals surface area contributed by atoms with Crippen molar-refractivity contribution in [3.8, 4) is 0 Å². The molecule has 4 aromatic heterocycles. The summed E-state index contributed by atoms with van der Waals surface area (Å²) in [7, 11) is 0. The maximum Gasteiger partial charge on any atom is 0.116 e. The molecular formula is C52H70N4S3. The minimum absolute atomic E-state index is 0.326. The van der Waals surface area contributed by atoms with E-state index in [1.54, 1.807) is 0 Å². The van der Waals surface area contributed by atoms with Crippen molar-refractivity contribution < 1.29 is 0 Å². The Kier molecular flexibility index (Phi) is 16.4. The zero-order chi connectivity index (χ0) is 41.1. The Morgan fingerprint density at radius 1 is 0.610 bits per heavy atom. The highest BCUT2D eigenvalue weighted by Crippen LogP contribution is 2.44. The summed E-state index contributed by atoms with van der Waals surface area (Å²) >= 11 is 4.86. The fourth-order valence-corrected chi connectivity index (χ4v) is 13.1. The van der Waals surface area contributed by atoms with Gasteiger partial charge in [-0.3, -0.25) is 0 Å². The summed E-state index contributed by atoms with van der Waals surface area (Å²) in [6.07, 6.45) is 37.9. The first-order valence-corrected chi connectivity index (χ1v) is 26.2. The van der Waals surface area contributed by atoms with Crippen LogP contribution in [0, 0.1) is 50.4 Å². The van der Waals surface area contributed by atoms with Crippen LogP contribution in [0.5, 0.6) is 0 Å². The average Bonchev–Trinajstić information content (AvgIpc) is 4.02. The quantitative estimate of drug-likeness (QED) is 0.0603. The zero-order valence-corrected chi connectivity index (χ0v) is 39.3. The van der Waals surface area contributed by atoms with Gasteiger partial charge in [0.05, 0.1) is 37.7 Å². The van der Waals surface area contributed by atoms with Gasteiger partial charge < -0.3 is 0 Å². The Hall–Kier alpha value is -2.74. The Morgan fingerprint density at radius 3 is 1.68 bits per heavy atom. The number of rotatable bonds is 23. The van der Waals surface area contributed by atoms with Crippen LogP contribution < -0.4 is 9.75 Å². The lowest BCUT2D eigenvalue weighted by Gasteiger charge is -2.34. The van der Waals surface area contributed by atoms with Gasteiger partial charge in [-0.25, -0.2) is 9.97 Å². The highest BCUT2D eigenvalue weighted by Gasteiger charge is 2.30. The monoisotopic (exact) mass is 846 g/mol. The van der Waals surface area contributed by atoms with Gasteiger partial charge in [0.1, 0.15) is 16.6 Å². The highest BCUT2D eigenvalue weighted by molar-refractivity contribution is 7.12. The fraction of sp³-hybridized carbons (Fsp3) is 0.615. The molecule has 1 saturated carbocycles. The standard InChI is InChI=1S/C52H70N4S3/c1-7-9-11-13-15-17-19-21-23-25-27-39-30-40(28-26-24-22-20-18-16-14-12-10-8-2)32-41(31-39)33-42-43-29-35(3)57-51(43)52-44(42)34-45(58-52)46-49-47(53-37(5)38(6)54-49)36(4)48-50(46)56-59-55-48/h29,33-34,39-41H,3,7-28,30-32H2,1-2,5-6H3/b42-33-,46-45+/t39-,40?,41?/m1/s1. The normalized spacial score (nSPS) is 19.1. The third-order valence-corrected chi connectivity index (χ3v) is 16.4. The smallest absolute Gasteiger partial charge is 0.116 e. The van der Waals surface area contributed by atoms with Crippen LogP contribution in [-0.4, -0.2) is 18.7 Å². The number of allylic oxidation sites excluding steroid dienone is 1. The number of fused-ring (bicyclic) bond motifs is 4. The number of aromatic nitrogens is 4. The van der Waals surface area contributed by atoms with E-state index < -0.39 is 0 Å². The van der Waals surface area contributed by atoms with Gasteiger partial charge in [-0.15, -0.1) is 22.7 Å². The first kappa shape index (κ1) is 44.3. The van der Waals surface area contributed by atoms with Crippen molar-refractivity contribution >= 4 is 75.2 Å². The predicted molar refractivity (Wildman–Crippen MR) is 256 cm³/mol. The number of benzene rings is 1. The van der Waals surface area contributed by atoms with Gasteiger partial charge >= 0.3 is 0 Å². The molecule has 0 saturated heterocycles. The molecule has 0 spiro atoms. The molecule has 316 valence electrons. The first-order chi connectivity index (χ1) is 28.9. The molecule has 7 rings (SSSR count). The second-order valence-corrected chi connectivity index (χ2v) is 21.1. The average molecular weight is 847 g/mol. The Morgan fingerprint density at radius 2 is 1.10 bits per heavy atom. The van der Waals surface area contributed by atoms with Crippen LogP contribution in [0.4, 0.5) is 0 Å². The largest absolute Gasteiger partial charge is 0.249 e. The second-order valence-electron chi connectivity index (χ2n) is 18.3. The zero-order valence-electron chi connectivity index (χ0n) is 36.9. The first-order valence-electron chi connectivity index (χ1n) is 23.8. The summed E-state index contributed by atoms with van der Waals surface area (Å²) in [4.78, 5) is 9.94. The van der Waals surface area contributed by atoms with E-state index in [1.165, 1.54) is 198 Å². The van der Waals surface area contributed by atoms with E-state index in [0.717, 1.165) is 48.5 Å². The van der Waals surface area contributed by atoms with Gasteiger partial charge in [-0.05, 0) is 68.6 Å². The van der Waals surface area contributed by atoms with Crippen LogP contribution >= 0.6 is 34.4 Å². The van der Waals surface area contributed by atoms with Crippen LogP contribution in [0.1, 0.15) is 197 Å². The van der Waals surface area contributed by atoms with Crippen molar-refractivity contribution in [1.29, 1.82) is 0 Å². The van der Waals surface area contributed by atoms with Gasteiger partial charge in [0.25, 0.3) is 0 Å². The third kappa shape index (κ3) is 11.0. The Bertz CT molecular complexity index is 2440. The summed E-state index contributed by atoms with van der Waals surface area (Å²) in [5.41, 5.74) is 8.69. The molecule has 7 heteroatoms. The van der Waals surface area contributed by atoms with E-state index in [9.17, 15) is 0 Å². The van der Waals surface area contributed by atoms with Gasteiger partial charge in [0.2, 0.25) is 0 Å². The minimum atomic E-state index is 0.326. The minimum Gasteiger partial charge on any atom is -0.249 e. The van der Waals surface area contributed by atoms with Crippen molar-refractivity contribution in [3.63, 3.8) is 0 Å². The maximum absolute atomic E-state index is 8.98. The van der Waals surface area contributed by atoms with Crippen LogP contribution in [0.2, 0.25) is 0 Å². The van der Waals surface area contributed by atoms with E-state index in [4.69, 9.17) is 20.9 Å². The lowest BCUT2D eigenvalue weighted by atomic mass is 9.71. The second kappa shape index (κ2) is 21.9. The van der Waals surface area contributed by atoms with Crippen molar-refractivity contribution in [2.24, 2.45) is 17.8 Å². The Labute approximate surface area is 367 Å². The molecule has 3 atom stereocenters. The van der Waals surface area contributed by atoms with Crippen molar-refractivity contribution in [3.05, 3.63) is 69.3 Å². The summed E-state index contributed by atoms with van der Waals surface area (Å²) in [5.74, 6) is 2.27. The topological polar surface area (TPSA) is 51.6 Å². The van der Waals surface area contributed by atoms with Crippen molar-refractivity contribution in [2.75, 3.05) is 0 Å². The molecule has 1 fully saturated rings. The van der Waals surface area contributed by atoms with E-state index in [-0.39, 0.29) is 0 Å². The molecule has 1 aromatic carbocycles. The third-order valence-electron chi connectivity index (χ3n) is 13.6. The molecule has 2 aliphatic carbocycles. The van der Waals surface area contributed by atoms with Crippen molar-refractivity contribution in [2.45, 2.75) is 188 Å². The molecule has 5 aromatic rings. The predicted octanol–water partition coefficient (Wildman–Crippen LogP) is 14.9. The molecule has 4 nitrogen and oxygen atoms in total. The van der Waals surface area contributed by atoms with E-state index in [1.807, 2.05) is 36.5 Å².